The minimum absolute atomic E-state index is 0.259. The normalized spacial score (nSPS) is 20.5. The van der Waals surface area contributed by atoms with E-state index in [1.165, 1.54) is 18.9 Å². The zero-order valence-electron chi connectivity index (χ0n) is 15.4. The summed E-state index contributed by atoms with van der Waals surface area (Å²) in [5.41, 5.74) is 2.85. The molecule has 3 aromatic rings. The fourth-order valence-corrected chi connectivity index (χ4v) is 4.15. The van der Waals surface area contributed by atoms with Gasteiger partial charge in [-0.3, -0.25) is 4.90 Å². The van der Waals surface area contributed by atoms with Crippen LogP contribution in [0.4, 0.5) is 15.9 Å². The third-order valence-electron chi connectivity index (χ3n) is 5.77. The molecule has 140 valence electrons. The van der Waals surface area contributed by atoms with Crippen molar-refractivity contribution in [1.82, 2.24) is 19.5 Å². The van der Waals surface area contributed by atoms with Crippen LogP contribution >= 0.6 is 0 Å². The largest absolute Gasteiger partial charge is 0.383 e. The molecule has 0 spiro atoms. The predicted molar refractivity (Wildman–Crippen MR) is 105 cm³/mol. The molecule has 2 aromatic heterocycles. The molecule has 1 fully saturated rings. The van der Waals surface area contributed by atoms with Crippen LogP contribution in [0.2, 0.25) is 0 Å². The molecule has 7 heteroatoms. The van der Waals surface area contributed by atoms with E-state index in [1.54, 1.807) is 10.7 Å². The minimum atomic E-state index is -0.259. The van der Waals surface area contributed by atoms with Crippen molar-refractivity contribution in [3.63, 3.8) is 0 Å². The smallest absolute Gasteiger partial charge is 0.165 e. The van der Waals surface area contributed by atoms with Crippen molar-refractivity contribution in [3.05, 3.63) is 42.5 Å². The van der Waals surface area contributed by atoms with Crippen molar-refractivity contribution in [2.45, 2.75) is 18.9 Å². The fourth-order valence-electron chi connectivity index (χ4n) is 4.15. The molecule has 0 unspecified atom stereocenters. The molecule has 5 rings (SSSR count). The van der Waals surface area contributed by atoms with Crippen LogP contribution in [0.25, 0.3) is 16.8 Å². The Labute approximate surface area is 157 Å². The van der Waals surface area contributed by atoms with Gasteiger partial charge in [0.05, 0.1) is 6.20 Å². The molecule has 1 aromatic carbocycles. The van der Waals surface area contributed by atoms with E-state index in [0.717, 1.165) is 37.7 Å². The third-order valence-corrected chi connectivity index (χ3v) is 5.77. The summed E-state index contributed by atoms with van der Waals surface area (Å²) in [6.45, 7) is 3.93. The number of hydrogen-bond donors (Lipinski definition) is 1. The van der Waals surface area contributed by atoms with Gasteiger partial charge in [-0.2, -0.15) is 5.10 Å². The van der Waals surface area contributed by atoms with Gasteiger partial charge in [-0.25, -0.2) is 13.9 Å². The third kappa shape index (κ3) is 2.92. The Morgan fingerprint density at radius 1 is 1.15 bits per heavy atom. The molecular formula is C20H23FN6. The average Bonchev–Trinajstić information content (AvgIpc) is 3.31. The van der Waals surface area contributed by atoms with Gasteiger partial charge in [0.2, 0.25) is 0 Å². The lowest BCUT2D eigenvalue weighted by Crippen LogP contribution is -2.40. The summed E-state index contributed by atoms with van der Waals surface area (Å²) in [7, 11) is 2.06. The Kier molecular flexibility index (Phi) is 3.97. The molecule has 1 atom stereocenters. The molecule has 6 nitrogen and oxygen atoms in total. The predicted octanol–water partition coefficient (Wildman–Crippen LogP) is 2.86. The van der Waals surface area contributed by atoms with Crippen LogP contribution in [0.5, 0.6) is 0 Å². The molecule has 2 aliphatic rings. The van der Waals surface area contributed by atoms with Crippen molar-refractivity contribution in [1.29, 1.82) is 0 Å². The van der Waals surface area contributed by atoms with E-state index in [2.05, 4.69) is 27.3 Å². The van der Waals surface area contributed by atoms with Gasteiger partial charge in [0.1, 0.15) is 11.6 Å². The SMILES string of the molecule is CN1CCN2CCC[C@H]2CNc2ccc(F)c(c2)-c2cnn3ccc1nc23. The molecule has 0 radical (unpaired) electrons. The lowest BCUT2D eigenvalue weighted by atomic mass is 10.1. The van der Waals surface area contributed by atoms with E-state index in [0.29, 0.717) is 22.8 Å². The molecule has 4 bridgehead atoms. The molecule has 4 heterocycles. The fraction of sp³-hybridized carbons (Fsp3) is 0.400. The van der Waals surface area contributed by atoms with Gasteiger partial charge >= 0.3 is 0 Å². The number of nitrogens with one attached hydrogen (secondary N) is 1. The van der Waals surface area contributed by atoms with Crippen LogP contribution in [0, 0.1) is 5.82 Å². The number of fused-ring (bicyclic) bond motifs is 5. The number of nitrogens with zero attached hydrogens (tertiary/aromatic N) is 5. The van der Waals surface area contributed by atoms with Gasteiger partial charge < -0.3 is 10.2 Å². The standard InChI is InChI=1S/C20H23FN6/c1-25-9-10-26-7-2-3-15(26)12-22-14-4-5-18(21)16(11-14)17-13-23-27-8-6-19(25)24-20(17)27/h4-6,8,11,13,15,22H,2-3,7,9-10,12H2,1H3/t15-/m0/s1. The number of benzene rings is 1. The Morgan fingerprint density at radius 3 is 3.00 bits per heavy atom. The van der Waals surface area contributed by atoms with Crippen molar-refractivity contribution < 1.29 is 4.39 Å². The number of halogens is 1. The highest BCUT2D eigenvalue weighted by Crippen LogP contribution is 2.30. The van der Waals surface area contributed by atoms with Crippen molar-refractivity contribution in [2.75, 3.05) is 43.4 Å². The first-order chi connectivity index (χ1) is 13.2. The van der Waals surface area contributed by atoms with Crippen LogP contribution in [0.3, 0.4) is 0 Å². The van der Waals surface area contributed by atoms with Crippen molar-refractivity contribution in [3.8, 4) is 11.1 Å². The van der Waals surface area contributed by atoms with Crippen LogP contribution < -0.4 is 10.2 Å². The summed E-state index contributed by atoms with van der Waals surface area (Å²) in [5.74, 6) is 0.623. The molecule has 1 saturated heterocycles. The Hall–Kier alpha value is -2.67. The van der Waals surface area contributed by atoms with E-state index in [9.17, 15) is 4.39 Å². The monoisotopic (exact) mass is 366 g/mol. The minimum Gasteiger partial charge on any atom is -0.383 e. The summed E-state index contributed by atoms with van der Waals surface area (Å²) in [6.07, 6.45) is 6.01. The van der Waals surface area contributed by atoms with Crippen molar-refractivity contribution in [2.24, 2.45) is 0 Å². The van der Waals surface area contributed by atoms with Gasteiger partial charge in [-0.05, 0) is 43.7 Å². The molecular weight excluding hydrogens is 343 g/mol. The van der Waals surface area contributed by atoms with Gasteiger partial charge in [0.15, 0.2) is 5.65 Å². The van der Waals surface area contributed by atoms with E-state index < -0.39 is 0 Å². The second-order valence-corrected chi connectivity index (χ2v) is 7.44. The van der Waals surface area contributed by atoms with Gasteiger partial charge in [-0.1, -0.05) is 0 Å². The molecule has 0 saturated carbocycles. The number of anilines is 2. The van der Waals surface area contributed by atoms with Crippen LogP contribution in [0.15, 0.2) is 36.7 Å². The summed E-state index contributed by atoms with van der Waals surface area (Å²) in [5, 5.41) is 7.87. The van der Waals surface area contributed by atoms with E-state index in [4.69, 9.17) is 4.98 Å². The first-order valence-electron chi connectivity index (χ1n) is 9.52. The molecule has 1 N–H and O–H groups in total. The molecule has 0 amide bonds. The summed E-state index contributed by atoms with van der Waals surface area (Å²) in [6, 6.07) is 7.68. The Morgan fingerprint density at radius 2 is 2.07 bits per heavy atom. The second kappa shape index (κ2) is 6.49. The summed E-state index contributed by atoms with van der Waals surface area (Å²) < 4.78 is 16.3. The van der Waals surface area contributed by atoms with Crippen LogP contribution in [-0.2, 0) is 0 Å². The first-order valence-corrected chi connectivity index (χ1v) is 9.52. The maximum Gasteiger partial charge on any atom is 0.165 e. The second-order valence-electron chi connectivity index (χ2n) is 7.44. The lowest BCUT2D eigenvalue weighted by Gasteiger charge is -2.28. The number of rotatable bonds is 0. The number of hydrogen-bond acceptors (Lipinski definition) is 5. The lowest BCUT2D eigenvalue weighted by molar-refractivity contribution is 0.269. The van der Waals surface area contributed by atoms with E-state index >= 15 is 0 Å². The highest BCUT2D eigenvalue weighted by atomic mass is 19.1. The quantitative estimate of drug-likeness (QED) is 0.663. The highest BCUT2D eigenvalue weighted by Gasteiger charge is 2.25. The van der Waals surface area contributed by atoms with Gasteiger partial charge in [0, 0.05) is 55.7 Å². The molecule has 0 aliphatic carbocycles. The zero-order chi connectivity index (χ0) is 18.4. The summed E-state index contributed by atoms with van der Waals surface area (Å²) in [4.78, 5) is 9.49. The van der Waals surface area contributed by atoms with Crippen LogP contribution in [-0.4, -0.2) is 58.8 Å². The average molecular weight is 366 g/mol. The number of likely N-dealkylation sites (N-methyl/N-ethyl adjacent to an activating group) is 1. The van der Waals surface area contributed by atoms with Crippen LogP contribution in [0.1, 0.15) is 12.8 Å². The first kappa shape index (κ1) is 16.5. The number of aromatic nitrogens is 3. The van der Waals surface area contributed by atoms with E-state index in [-0.39, 0.29) is 5.82 Å². The Bertz CT molecular complexity index is 984. The zero-order valence-corrected chi connectivity index (χ0v) is 15.4. The van der Waals surface area contributed by atoms with Crippen molar-refractivity contribution >= 4 is 17.2 Å². The Balaban J connectivity index is 1.64. The van der Waals surface area contributed by atoms with E-state index in [1.807, 2.05) is 24.4 Å². The summed E-state index contributed by atoms with van der Waals surface area (Å²) >= 11 is 0. The molecule has 2 aliphatic heterocycles. The maximum atomic E-state index is 14.6. The highest BCUT2D eigenvalue weighted by molar-refractivity contribution is 5.80. The van der Waals surface area contributed by atoms with Gasteiger partial charge in [-0.15, -0.1) is 0 Å². The topological polar surface area (TPSA) is 48.7 Å². The van der Waals surface area contributed by atoms with Gasteiger partial charge in [0.25, 0.3) is 0 Å². The maximum absolute atomic E-state index is 14.6. The molecule has 27 heavy (non-hydrogen) atoms.